The van der Waals surface area contributed by atoms with Gasteiger partial charge in [-0.1, -0.05) is 12.1 Å². The summed E-state index contributed by atoms with van der Waals surface area (Å²) in [4.78, 5) is 25.4. The van der Waals surface area contributed by atoms with Crippen molar-refractivity contribution < 1.29 is 23.5 Å². The molecule has 0 spiro atoms. The lowest BCUT2D eigenvalue weighted by Gasteiger charge is -2.11. The standard InChI is InChI=1S/C22H21NO5/c1-23(2)21(25)14-27-17-9-7-15(8-10-17)19(24)12-11-18-13-16-5-4-6-20(26-3)22(16)28-18/h4-13H,14H2,1-3H3/b12-11+. The molecule has 0 atom stereocenters. The van der Waals surface area contributed by atoms with Crippen molar-refractivity contribution in [3.63, 3.8) is 0 Å². The minimum absolute atomic E-state index is 0.0459. The number of ketones is 1. The minimum atomic E-state index is -0.164. The molecule has 0 aliphatic heterocycles. The predicted octanol–water partition coefficient (Wildman–Crippen LogP) is 3.80. The van der Waals surface area contributed by atoms with Crippen molar-refractivity contribution in [2.75, 3.05) is 27.8 Å². The second-order valence-electron chi connectivity index (χ2n) is 6.33. The molecule has 2 aromatic carbocycles. The molecule has 0 unspecified atom stereocenters. The number of fused-ring (bicyclic) bond motifs is 1. The predicted molar refractivity (Wildman–Crippen MR) is 107 cm³/mol. The smallest absolute Gasteiger partial charge is 0.259 e. The van der Waals surface area contributed by atoms with E-state index < -0.39 is 0 Å². The van der Waals surface area contributed by atoms with Crippen LogP contribution in [0.25, 0.3) is 17.0 Å². The number of amides is 1. The van der Waals surface area contributed by atoms with E-state index >= 15 is 0 Å². The van der Waals surface area contributed by atoms with Crippen LogP contribution in [0.2, 0.25) is 0 Å². The molecular weight excluding hydrogens is 358 g/mol. The number of hydrogen-bond donors (Lipinski definition) is 0. The van der Waals surface area contributed by atoms with E-state index in [1.807, 2.05) is 24.3 Å². The molecule has 1 amide bonds. The number of para-hydroxylation sites is 1. The zero-order chi connectivity index (χ0) is 20.1. The van der Waals surface area contributed by atoms with E-state index in [-0.39, 0.29) is 18.3 Å². The third-order valence-corrected chi connectivity index (χ3v) is 4.15. The van der Waals surface area contributed by atoms with E-state index in [4.69, 9.17) is 13.9 Å². The van der Waals surface area contributed by atoms with E-state index in [1.165, 1.54) is 11.0 Å². The number of benzene rings is 2. The van der Waals surface area contributed by atoms with Crippen molar-refractivity contribution in [1.29, 1.82) is 0 Å². The Kier molecular flexibility index (Phi) is 5.79. The average molecular weight is 379 g/mol. The van der Waals surface area contributed by atoms with Crippen molar-refractivity contribution >= 4 is 28.7 Å². The lowest BCUT2D eigenvalue weighted by Crippen LogP contribution is -2.27. The topological polar surface area (TPSA) is 69.0 Å². The molecule has 144 valence electrons. The first-order chi connectivity index (χ1) is 13.5. The summed E-state index contributed by atoms with van der Waals surface area (Å²) < 4.78 is 16.4. The summed E-state index contributed by atoms with van der Waals surface area (Å²) in [5.74, 6) is 1.44. The molecule has 1 aromatic heterocycles. The van der Waals surface area contributed by atoms with Gasteiger partial charge in [0.15, 0.2) is 23.7 Å². The number of furan rings is 1. The highest BCUT2D eigenvalue weighted by molar-refractivity contribution is 6.06. The van der Waals surface area contributed by atoms with Gasteiger partial charge in [-0.2, -0.15) is 0 Å². The minimum Gasteiger partial charge on any atom is -0.493 e. The van der Waals surface area contributed by atoms with E-state index in [2.05, 4.69) is 0 Å². The highest BCUT2D eigenvalue weighted by Crippen LogP contribution is 2.29. The average Bonchev–Trinajstić information content (AvgIpc) is 3.13. The highest BCUT2D eigenvalue weighted by Gasteiger charge is 2.09. The Morgan fingerprint density at radius 2 is 1.86 bits per heavy atom. The molecule has 1 heterocycles. The molecular formula is C22H21NO5. The quantitative estimate of drug-likeness (QED) is 0.461. The van der Waals surface area contributed by atoms with Gasteiger partial charge in [-0.3, -0.25) is 9.59 Å². The fraction of sp³-hybridized carbons (Fsp3) is 0.182. The van der Waals surface area contributed by atoms with Crippen LogP contribution in [-0.2, 0) is 4.79 Å². The molecule has 0 saturated heterocycles. The van der Waals surface area contributed by atoms with Crippen molar-refractivity contribution in [2.24, 2.45) is 0 Å². The number of carbonyl (C=O) groups excluding carboxylic acids is 2. The Balaban J connectivity index is 1.66. The van der Waals surface area contributed by atoms with Crippen molar-refractivity contribution in [3.05, 3.63) is 65.9 Å². The van der Waals surface area contributed by atoms with Crippen LogP contribution < -0.4 is 9.47 Å². The van der Waals surface area contributed by atoms with Gasteiger partial charge in [-0.05, 0) is 48.6 Å². The second kappa shape index (κ2) is 8.43. The fourth-order valence-electron chi connectivity index (χ4n) is 2.54. The first kappa shape index (κ1) is 19.2. The molecule has 28 heavy (non-hydrogen) atoms. The number of ether oxygens (including phenoxy) is 2. The molecule has 0 aliphatic carbocycles. The van der Waals surface area contributed by atoms with Gasteiger partial charge in [-0.25, -0.2) is 0 Å². The Hall–Kier alpha value is -3.54. The van der Waals surface area contributed by atoms with Crippen molar-refractivity contribution in [1.82, 2.24) is 4.90 Å². The Labute approximate surface area is 163 Å². The number of likely N-dealkylation sites (N-methyl/N-ethyl adjacent to an activating group) is 1. The first-order valence-electron chi connectivity index (χ1n) is 8.70. The SMILES string of the molecule is COc1cccc2cc(/C=C/C(=O)c3ccc(OCC(=O)N(C)C)cc3)oc12. The molecule has 3 rings (SSSR count). The van der Waals surface area contributed by atoms with Crippen LogP contribution in [-0.4, -0.2) is 44.4 Å². The molecule has 0 radical (unpaired) electrons. The number of carbonyl (C=O) groups is 2. The van der Waals surface area contributed by atoms with E-state index in [0.717, 1.165) is 5.39 Å². The Morgan fingerprint density at radius 3 is 2.54 bits per heavy atom. The largest absolute Gasteiger partial charge is 0.493 e. The molecule has 6 nitrogen and oxygen atoms in total. The summed E-state index contributed by atoms with van der Waals surface area (Å²) in [5.41, 5.74) is 1.15. The van der Waals surface area contributed by atoms with E-state index in [1.54, 1.807) is 51.5 Å². The van der Waals surface area contributed by atoms with Crippen LogP contribution in [0, 0.1) is 0 Å². The molecule has 3 aromatic rings. The molecule has 0 saturated carbocycles. The third-order valence-electron chi connectivity index (χ3n) is 4.15. The van der Waals surface area contributed by atoms with E-state index in [0.29, 0.717) is 28.4 Å². The molecule has 0 aliphatic rings. The Morgan fingerprint density at radius 1 is 1.11 bits per heavy atom. The van der Waals surface area contributed by atoms with Crippen LogP contribution >= 0.6 is 0 Å². The van der Waals surface area contributed by atoms with Gasteiger partial charge in [-0.15, -0.1) is 0 Å². The maximum Gasteiger partial charge on any atom is 0.259 e. The van der Waals surface area contributed by atoms with Crippen LogP contribution in [0.5, 0.6) is 11.5 Å². The molecule has 0 fully saturated rings. The summed E-state index contributed by atoms with van der Waals surface area (Å²) in [6.45, 7) is -0.0459. The maximum absolute atomic E-state index is 12.4. The molecule has 0 bridgehead atoms. The summed E-state index contributed by atoms with van der Waals surface area (Å²) >= 11 is 0. The highest BCUT2D eigenvalue weighted by atomic mass is 16.5. The second-order valence-corrected chi connectivity index (χ2v) is 6.33. The third kappa shape index (κ3) is 4.40. The molecule has 6 heteroatoms. The normalized spacial score (nSPS) is 11.0. The number of nitrogens with zero attached hydrogens (tertiary/aromatic N) is 1. The van der Waals surface area contributed by atoms with Crippen molar-refractivity contribution in [2.45, 2.75) is 0 Å². The first-order valence-corrected chi connectivity index (χ1v) is 8.70. The van der Waals surface area contributed by atoms with Crippen LogP contribution in [0.15, 0.2) is 59.0 Å². The zero-order valence-corrected chi connectivity index (χ0v) is 16.0. The maximum atomic E-state index is 12.4. The lowest BCUT2D eigenvalue weighted by atomic mass is 10.1. The number of hydrogen-bond acceptors (Lipinski definition) is 5. The van der Waals surface area contributed by atoms with Gasteiger partial charge in [0.25, 0.3) is 5.91 Å². The summed E-state index contributed by atoms with van der Waals surface area (Å²) in [6, 6.07) is 14.1. The van der Waals surface area contributed by atoms with Crippen LogP contribution in [0.3, 0.4) is 0 Å². The number of allylic oxidation sites excluding steroid dienone is 1. The van der Waals surface area contributed by atoms with Crippen LogP contribution in [0.1, 0.15) is 16.1 Å². The van der Waals surface area contributed by atoms with Gasteiger partial charge in [0.05, 0.1) is 7.11 Å². The summed E-state index contributed by atoms with van der Waals surface area (Å²) in [6.07, 6.45) is 3.08. The van der Waals surface area contributed by atoms with Gasteiger partial charge < -0.3 is 18.8 Å². The number of methoxy groups -OCH3 is 1. The monoisotopic (exact) mass is 379 g/mol. The van der Waals surface area contributed by atoms with Gasteiger partial charge >= 0.3 is 0 Å². The van der Waals surface area contributed by atoms with Crippen molar-refractivity contribution in [3.8, 4) is 11.5 Å². The molecule has 0 N–H and O–H groups in total. The van der Waals surface area contributed by atoms with Gasteiger partial charge in [0.1, 0.15) is 11.5 Å². The summed E-state index contributed by atoms with van der Waals surface area (Å²) in [5, 5.41) is 0.903. The fourth-order valence-corrected chi connectivity index (χ4v) is 2.54. The van der Waals surface area contributed by atoms with Crippen LogP contribution in [0.4, 0.5) is 0 Å². The Bertz CT molecular complexity index is 1020. The number of rotatable bonds is 7. The van der Waals surface area contributed by atoms with Gasteiger partial charge in [0.2, 0.25) is 0 Å². The zero-order valence-electron chi connectivity index (χ0n) is 16.0. The van der Waals surface area contributed by atoms with Gasteiger partial charge in [0, 0.05) is 25.0 Å². The summed E-state index contributed by atoms with van der Waals surface area (Å²) in [7, 11) is 4.91. The lowest BCUT2D eigenvalue weighted by molar-refractivity contribution is -0.130. The van der Waals surface area contributed by atoms with E-state index in [9.17, 15) is 9.59 Å².